The van der Waals surface area contributed by atoms with Gasteiger partial charge in [0.1, 0.15) is 5.69 Å². The Hall–Kier alpha value is -3.05. The average molecular weight is 471 g/mol. The number of amides is 3. The molecule has 1 aromatic carbocycles. The van der Waals surface area contributed by atoms with Crippen LogP contribution in [0.5, 0.6) is 0 Å². The molecule has 3 rings (SSSR count). The monoisotopic (exact) mass is 471 g/mol. The van der Waals surface area contributed by atoms with E-state index in [1.807, 2.05) is 4.90 Å². The number of hydrogen-bond donors (Lipinski definition) is 1. The highest BCUT2D eigenvalue weighted by Crippen LogP contribution is 2.36. The number of piperazine rings is 1. The first-order chi connectivity index (χ1) is 15.7. The number of rotatable bonds is 6. The van der Waals surface area contributed by atoms with Crippen molar-refractivity contribution in [2.45, 2.75) is 38.3 Å². The van der Waals surface area contributed by atoms with E-state index in [0.29, 0.717) is 32.0 Å². The summed E-state index contributed by atoms with van der Waals surface area (Å²) >= 11 is 0. The molecule has 1 N–H and O–H groups in total. The molecular weight excluding hydrogens is 443 g/mol. The molecule has 0 spiro atoms. The molecule has 0 saturated carbocycles. The molecule has 3 amide bonds. The van der Waals surface area contributed by atoms with Gasteiger partial charge in [0.25, 0.3) is 5.69 Å². The molecule has 33 heavy (non-hydrogen) atoms. The molecule has 2 aliphatic heterocycles. The summed E-state index contributed by atoms with van der Waals surface area (Å²) in [5.74, 6) is 0.160. The first-order valence-electron chi connectivity index (χ1n) is 11.1. The van der Waals surface area contributed by atoms with Crippen LogP contribution < -0.4 is 10.2 Å². The number of nitro benzene ring substituents is 1. The fraction of sp³-hybridized carbons (Fsp3) is 0.619. The summed E-state index contributed by atoms with van der Waals surface area (Å²) in [7, 11) is 0. The number of carbonyl (C=O) groups is 2. The molecule has 0 unspecified atom stereocenters. The van der Waals surface area contributed by atoms with Crippen molar-refractivity contribution >= 4 is 23.3 Å². The van der Waals surface area contributed by atoms with E-state index in [2.05, 4.69) is 5.32 Å². The minimum absolute atomic E-state index is 0.107. The maximum atomic E-state index is 12.9. The standard InChI is InChI=1S/C21H28F3N5O4/c22-21(23,24)16-6-7-17(18(15-16)29(32)33)26-11-13-28(14-12-26)20(31)25-8-4-10-27-9-3-1-2-5-19(27)30/h6-7,15H,1-5,8-14H2,(H,25,31). The highest BCUT2D eigenvalue weighted by Gasteiger charge is 2.34. The van der Waals surface area contributed by atoms with Gasteiger partial charge in [0.2, 0.25) is 5.91 Å². The summed E-state index contributed by atoms with van der Waals surface area (Å²) in [6.45, 7) is 2.88. The zero-order valence-electron chi connectivity index (χ0n) is 18.3. The number of benzene rings is 1. The van der Waals surface area contributed by atoms with Crippen molar-refractivity contribution < 1.29 is 27.7 Å². The third-order valence-electron chi connectivity index (χ3n) is 5.96. The van der Waals surface area contributed by atoms with Gasteiger partial charge in [-0.2, -0.15) is 13.2 Å². The Bertz CT molecular complexity index is 872. The largest absolute Gasteiger partial charge is 0.416 e. The Morgan fingerprint density at radius 2 is 1.82 bits per heavy atom. The lowest BCUT2D eigenvalue weighted by Crippen LogP contribution is -2.52. The normalized spacial score (nSPS) is 17.7. The molecule has 2 heterocycles. The molecular formula is C21H28F3N5O4. The molecule has 12 heteroatoms. The van der Waals surface area contributed by atoms with Gasteiger partial charge in [-0.1, -0.05) is 6.42 Å². The van der Waals surface area contributed by atoms with Crippen LogP contribution >= 0.6 is 0 Å². The lowest BCUT2D eigenvalue weighted by atomic mass is 10.1. The van der Waals surface area contributed by atoms with Crippen LogP contribution in [0.2, 0.25) is 0 Å². The summed E-state index contributed by atoms with van der Waals surface area (Å²) in [5.41, 5.74) is -1.57. The summed E-state index contributed by atoms with van der Waals surface area (Å²) < 4.78 is 38.7. The van der Waals surface area contributed by atoms with Crippen LogP contribution in [0.3, 0.4) is 0 Å². The second-order valence-corrected chi connectivity index (χ2v) is 8.21. The van der Waals surface area contributed by atoms with Gasteiger partial charge in [0.05, 0.1) is 10.5 Å². The summed E-state index contributed by atoms with van der Waals surface area (Å²) in [5, 5.41) is 14.2. The van der Waals surface area contributed by atoms with Gasteiger partial charge in [0, 0.05) is 58.3 Å². The fourth-order valence-corrected chi connectivity index (χ4v) is 4.12. The number of likely N-dealkylation sites (tertiary alicyclic amines) is 1. The maximum absolute atomic E-state index is 12.9. The number of urea groups is 1. The van der Waals surface area contributed by atoms with Crippen molar-refractivity contribution in [2.75, 3.05) is 50.7 Å². The van der Waals surface area contributed by atoms with Crippen molar-refractivity contribution in [3.63, 3.8) is 0 Å². The summed E-state index contributed by atoms with van der Waals surface area (Å²) in [6.07, 6.45) is -0.461. The second-order valence-electron chi connectivity index (χ2n) is 8.21. The van der Waals surface area contributed by atoms with Crippen LogP contribution in [0.15, 0.2) is 18.2 Å². The maximum Gasteiger partial charge on any atom is 0.416 e. The van der Waals surface area contributed by atoms with Crippen molar-refractivity contribution in [2.24, 2.45) is 0 Å². The van der Waals surface area contributed by atoms with Gasteiger partial charge in [-0.15, -0.1) is 0 Å². The predicted molar refractivity (Wildman–Crippen MR) is 115 cm³/mol. The zero-order valence-corrected chi connectivity index (χ0v) is 18.3. The van der Waals surface area contributed by atoms with Gasteiger partial charge in [-0.05, 0) is 31.4 Å². The Morgan fingerprint density at radius 3 is 2.48 bits per heavy atom. The van der Waals surface area contributed by atoms with E-state index in [1.54, 1.807) is 9.80 Å². The molecule has 182 valence electrons. The van der Waals surface area contributed by atoms with E-state index in [9.17, 15) is 32.9 Å². The van der Waals surface area contributed by atoms with Crippen LogP contribution in [0.1, 0.15) is 37.7 Å². The lowest BCUT2D eigenvalue weighted by molar-refractivity contribution is -0.384. The van der Waals surface area contributed by atoms with Crippen molar-refractivity contribution in [3.8, 4) is 0 Å². The number of hydrogen-bond acceptors (Lipinski definition) is 5. The Labute approximate surface area is 189 Å². The highest BCUT2D eigenvalue weighted by atomic mass is 19.4. The highest BCUT2D eigenvalue weighted by molar-refractivity contribution is 5.76. The Balaban J connectivity index is 1.48. The van der Waals surface area contributed by atoms with Gasteiger partial charge >= 0.3 is 12.2 Å². The Morgan fingerprint density at radius 1 is 1.09 bits per heavy atom. The van der Waals surface area contributed by atoms with E-state index in [0.717, 1.165) is 37.9 Å². The lowest BCUT2D eigenvalue weighted by Gasteiger charge is -2.35. The topological polar surface area (TPSA) is 99.0 Å². The molecule has 0 radical (unpaired) electrons. The van der Waals surface area contributed by atoms with Gasteiger partial charge in [0.15, 0.2) is 0 Å². The molecule has 9 nitrogen and oxygen atoms in total. The van der Waals surface area contributed by atoms with Crippen molar-refractivity contribution in [1.29, 1.82) is 0 Å². The van der Waals surface area contributed by atoms with E-state index in [4.69, 9.17) is 0 Å². The van der Waals surface area contributed by atoms with Gasteiger partial charge < -0.3 is 20.0 Å². The molecule has 2 aliphatic rings. The average Bonchev–Trinajstić information content (AvgIpc) is 2.99. The number of nitrogens with zero attached hydrogens (tertiary/aromatic N) is 4. The number of nitrogens with one attached hydrogen (secondary N) is 1. The predicted octanol–water partition coefficient (Wildman–Crippen LogP) is 3.24. The molecule has 0 atom stereocenters. The summed E-state index contributed by atoms with van der Waals surface area (Å²) in [6, 6.07) is 2.22. The number of halogens is 3. The fourth-order valence-electron chi connectivity index (χ4n) is 4.12. The molecule has 2 saturated heterocycles. The van der Waals surface area contributed by atoms with Crippen LogP contribution in [0.4, 0.5) is 29.3 Å². The molecule has 1 aromatic rings. The number of nitro groups is 1. The van der Waals surface area contributed by atoms with Crippen molar-refractivity contribution in [3.05, 3.63) is 33.9 Å². The minimum atomic E-state index is -4.67. The van der Waals surface area contributed by atoms with Crippen LogP contribution in [-0.2, 0) is 11.0 Å². The Kier molecular flexibility index (Phi) is 7.98. The first kappa shape index (κ1) is 24.6. The molecule has 0 aromatic heterocycles. The number of carbonyl (C=O) groups excluding carboxylic acids is 2. The van der Waals surface area contributed by atoms with Gasteiger partial charge in [-0.3, -0.25) is 14.9 Å². The van der Waals surface area contributed by atoms with E-state index >= 15 is 0 Å². The van der Waals surface area contributed by atoms with E-state index in [-0.39, 0.29) is 43.8 Å². The number of alkyl halides is 3. The van der Waals surface area contributed by atoms with Crippen LogP contribution in [0.25, 0.3) is 0 Å². The van der Waals surface area contributed by atoms with Crippen LogP contribution in [-0.4, -0.2) is 72.5 Å². The van der Waals surface area contributed by atoms with E-state index in [1.165, 1.54) is 0 Å². The van der Waals surface area contributed by atoms with Gasteiger partial charge in [-0.25, -0.2) is 4.79 Å². The van der Waals surface area contributed by atoms with E-state index < -0.39 is 22.4 Å². The second kappa shape index (κ2) is 10.7. The molecule has 0 bridgehead atoms. The van der Waals surface area contributed by atoms with Crippen molar-refractivity contribution in [1.82, 2.24) is 15.1 Å². The third kappa shape index (κ3) is 6.48. The first-order valence-corrected chi connectivity index (χ1v) is 11.1. The smallest absolute Gasteiger partial charge is 0.362 e. The molecule has 2 fully saturated rings. The van der Waals surface area contributed by atoms with Crippen LogP contribution in [0, 0.1) is 10.1 Å². The quantitative estimate of drug-likeness (QED) is 0.390. The minimum Gasteiger partial charge on any atom is -0.362 e. The SMILES string of the molecule is O=C1CCCCCN1CCCNC(=O)N1CCN(c2ccc(C(F)(F)F)cc2[N+](=O)[O-])CC1. The molecule has 0 aliphatic carbocycles. The summed E-state index contributed by atoms with van der Waals surface area (Å²) in [4.78, 5) is 40.0. The number of anilines is 1. The third-order valence-corrected chi connectivity index (χ3v) is 5.96. The zero-order chi connectivity index (χ0) is 24.0.